The second-order valence-corrected chi connectivity index (χ2v) is 7.42. The van der Waals surface area contributed by atoms with Crippen LogP contribution in [-0.4, -0.2) is 47.2 Å². The lowest BCUT2D eigenvalue weighted by atomic mass is 10.2. The van der Waals surface area contributed by atoms with E-state index in [1.165, 1.54) is 37.5 Å². The molecule has 8 nitrogen and oxygen atoms in total. The standard InChI is InChI=1S/C20H22N2O6S/c1-27-13-12-21-19(23)15-28-20(24)17-7-9-18(10-8-17)22-29(25,26)14-11-16-5-3-2-4-6-16/h2-11,14,22H,12-13,15H2,1H3,(H,21,23)/b14-11+. The number of hydrogen-bond donors (Lipinski definition) is 2. The van der Waals surface area contributed by atoms with E-state index in [4.69, 9.17) is 9.47 Å². The topological polar surface area (TPSA) is 111 Å². The maximum absolute atomic E-state index is 12.1. The number of nitrogens with one attached hydrogen (secondary N) is 2. The number of methoxy groups -OCH3 is 1. The summed E-state index contributed by atoms with van der Waals surface area (Å²) in [5.74, 6) is -1.13. The Labute approximate surface area is 169 Å². The van der Waals surface area contributed by atoms with Crippen molar-refractivity contribution in [3.63, 3.8) is 0 Å². The Kier molecular flexibility index (Phi) is 8.38. The highest BCUT2D eigenvalue weighted by atomic mass is 32.2. The molecule has 2 aromatic carbocycles. The molecule has 0 spiro atoms. The molecule has 0 fully saturated rings. The van der Waals surface area contributed by atoms with Gasteiger partial charge >= 0.3 is 5.97 Å². The van der Waals surface area contributed by atoms with Crippen molar-refractivity contribution in [2.24, 2.45) is 0 Å². The third-order valence-electron chi connectivity index (χ3n) is 3.58. The van der Waals surface area contributed by atoms with Gasteiger partial charge in [-0.1, -0.05) is 30.3 Å². The minimum absolute atomic E-state index is 0.192. The van der Waals surface area contributed by atoms with Crippen molar-refractivity contribution in [2.75, 3.05) is 31.6 Å². The van der Waals surface area contributed by atoms with E-state index in [0.717, 1.165) is 11.0 Å². The molecule has 0 radical (unpaired) electrons. The number of benzene rings is 2. The molecule has 29 heavy (non-hydrogen) atoms. The van der Waals surface area contributed by atoms with Crippen LogP contribution in [-0.2, 0) is 24.3 Å². The molecule has 2 rings (SSSR count). The van der Waals surface area contributed by atoms with E-state index in [9.17, 15) is 18.0 Å². The highest BCUT2D eigenvalue weighted by Gasteiger charge is 2.11. The van der Waals surface area contributed by atoms with Crippen LogP contribution in [0.2, 0.25) is 0 Å². The normalized spacial score (nSPS) is 11.2. The van der Waals surface area contributed by atoms with Crippen molar-refractivity contribution < 1.29 is 27.5 Å². The first-order valence-corrected chi connectivity index (χ1v) is 10.2. The molecule has 154 valence electrons. The maximum atomic E-state index is 12.1. The van der Waals surface area contributed by atoms with Gasteiger partial charge in [0, 0.05) is 19.3 Å². The third kappa shape index (κ3) is 8.16. The molecule has 0 saturated heterocycles. The van der Waals surface area contributed by atoms with Crippen LogP contribution in [0.4, 0.5) is 5.69 Å². The molecule has 0 atom stereocenters. The number of carbonyl (C=O) groups is 2. The Morgan fingerprint density at radius 2 is 1.72 bits per heavy atom. The molecule has 0 saturated carbocycles. The first-order valence-electron chi connectivity index (χ1n) is 8.68. The Bertz CT molecular complexity index is 941. The fraction of sp³-hybridized carbons (Fsp3) is 0.200. The van der Waals surface area contributed by atoms with E-state index in [-0.39, 0.29) is 11.3 Å². The van der Waals surface area contributed by atoms with Crippen LogP contribution < -0.4 is 10.0 Å². The van der Waals surface area contributed by atoms with Crippen molar-refractivity contribution in [3.8, 4) is 0 Å². The number of esters is 1. The molecule has 0 unspecified atom stereocenters. The van der Waals surface area contributed by atoms with Crippen LogP contribution in [0, 0.1) is 0 Å². The van der Waals surface area contributed by atoms with Crippen molar-refractivity contribution >= 4 is 33.7 Å². The average Bonchev–Trinajstić information content (AvgIpc) is 2.72. The molecular formula is C20H22N2O6S. The van der Waals surface area contributed by atoms with Gasteiger partial charge in [0.1, 0.15) is 0 Å². The Balaban J connectivity index is 1.88. The lowest BCUT2D eigenvalue weighted by Gasteiger charge is -2.07. The Morgan fingerprint density at radius 3 is 2.38 bits per heavy atom. The number of carbonyl (C=O) groups excluding carboxylic acids is 2. The lowest BCUT2D eigenvalue weighted by molar-refractivity contribution is -0.124. The van der Waals surface area contributed by atoms with E-state index < -0.39 is 28.5 Å². The van der Waals surface area contributed by atoms with Gasteiger partial charge in [0.15, 0.2) is 6.61 Å². The summed E-state index contributed by atoms with van der Waals surface area (Å²) in [5, 5.41) is 3.59. The first-order chi connectivity index (χ1) is 13.9. The van der Waals surface area contributed by atoms with Crippen molar-refractivity contribution in [3.05, 3.63) is 71.1 Å². The van der Waals surface area contributed by atoms with Gasteiger partial charge < -0.3 is 14.8 Å². The summed E-state index contributed by atoms with van der Waals surface area (Å²) in [6.07, 6.45) is 1.48. The van der Waals surface area contributed by atoms with E-state index in [1.54, 1.807) is 24.3 Å². The van der Waals surface area contributed by atoms with Gasteiger partial charge in [-0.3, -0.25) is 9.52 Å². The van der Waals surface area contributed by atoms with Crippen molar-refractivity contribution in [1.82, 2.24) is 5.32 Å². The minimum Gasteiger partial charge on any atom is -0.452 e. The quantitative estimate of drug-likeness (QED) is 0.451. The van der Waals surface area contributed by atoms with Gasteiger partial charge in [-0.15, -0.1) is 0 Å². The molecule has 9 heteroatoms. The monoisotopic (exact) mass is 418 g/mol. The first kappa shape index (κ1) is 22.1. The minimum atomic E-state index is -3.71. The zero-order chi connectivity index (χ0) is 21.1. The molecule has 0 aliphatic heterocycles. The third-order valence-corrected chi connectivity index (χ3v) is 4.60. The second-order valence-electron chi connectivity index (χ2n) is 5.86. The molecule has 0 bridgehead atoms. The Morgan fingerprint density at radius 1 is 1.03 bits per heavy atom. The van der Waals surface area contributed by atoms with Gasteiger partial charge in [-0.25, -0.2) is 13.2 Å². The molecule has 0 heterocycles. The summed E-state index contributed by atoms with van der Waals surface area (Å²) in [5.41, 5.74) is 1.23. The number of sulfonamides is 1. The summed E-state index contributed by atoms with van der Waals surface area (Å²) in [6, 6.07) is 14.7. The maximum Gasteiger partial charge on any atom is 0.338 e. The summed E-state index contributed by atoms with van der Waals surface area (Å²) in [6.45, 7) is 0.263. The fourth-order valence-electron chi connectivity index (χ4n) is 2.16. The highest BCUT2D eigenvalue weighted by molar-refractivity contribution is 7.95. The molecule has 0 aromatic heterocycles. The van der Waals surface area contributed by atoms with E-state index in [1.807, 2.05) is 6.07 Å². The SMILES string of the molecule is COCCNC(=O)COC(=O)c1ccc(NS(=O)(=O)/C=C/c2ccccc2)cc1. The molecular weight excluding hydrogens is 396 g/mol. The van der Waals surface area contributed by atoms with Crippen LogP contribution in [0.5, 0.6) is 0 Å². The van der Waals surface area contributed by atoms with Gasteiger partial charge in [0.05, 0.1) is 17.6 Å². The predicted molar refractivity (Wildman–Crippen MR) is 110 cm³/mol. The predicted octanol–water partition coefficient (Wildman–Crippen LogP) is 2.02. The van der Waals surface area contributed by atoms with Crippen molar-refractivity contribution in [1.29, 1.82) is 0 Å². The molecule has 1 amide bonds. The summed E-state index contributed by atoms with van der Waals surface area (Å²) in [4.78, 5) is 23.5. The van der Waals surface area contributed by atoms with Crippen molar-refractivity contribution in [2.45, 2.75) is 0 Å². The summed E-state index contributed by atoms with van der Waals surface area (Å²) < 4.78 is 36.4. The van der Waals surface area contributed by atoms with Gasteiger partial charge in [0.2, 0.25) is 0 Å². The van der Waals surface area contributed by atoms with Crippen LogP contribution in [0.1, 0.15) is 15.9 Å². The molecule has 0 aliphatic rings. The molecule has 2 N–H and O–H groups in total. The van der Waals surface area contributed by atoms with Gasteiger partial charge in [-0.05, 0) is 35.9 Å². The smallest absolute Gasteiger partial charge is 0.338 e. The lowest BCUT2D eigenvalue weighted by Crippen LogP contribution is -2.31. The largest absolute Gasteiger partial charge is 0.452 e. The second kappa shape index (κ2) is 11.0. The van der Waals surface area contributed by atoms with Gasteiger partial charge in [0.25, 0.3) is 15.9 Å². The van der Waals surface area contributed by atoms with Gasteiger partial charge in [-0.2, -0.15) is 0 Å². The van der Waals surface area contributed by atoms with E-state index >= 15 is 0 Å². The summed E-state index contributed by atoms with van der Waals surface area (Å²) in [7, 11) is -2.20. The number of hydrogen-bond acceptors (Lipinski definition) is 6. The Hall–Kier alpha value is -3.17. The molecule has 2 aromatic rings. The fourth-order valence-corrected chi connectivity index (χ4v) is 3.03. The average molecular weight is 418 g/mol. The number of rotatable bonds is 10. The number of anilines is 1. The molecule has 0 aliphatic carbocycles. The van der Waals surface area contributed by atoms with E-state index in [2.05, 4.69) is 10.0 Å². The van der Waals surface area contributed by atoms with Crippen LogP contribution in [0.3, 0.4) is 0 Å². The van der Waals surface area contributed by atoms with Crippen LogP contribution in [0.25, 0.3) is 6.08 Å². The highest BCUT2D eigenvalue weighted by Crippen LogP contribution is 2.13. The summed E-state index contributed by atoms with van der Waals surface area (Å²) >= 11 is 0. The van der Waals surface area contributed by atoms with Crippen LogP contribution >= 0.6 is 0 Å². The number of amides is 1. The zero-order valence-electron chi connectivity index (χ0n) is 15.8. The van der Waals surface area contributed by atoms with E-state index in [0.29, 0.717) is 13.2 Å². The number of ether oxygens (including phenoxy) is 2. The van der Waals surface area contributed by atoms with Crippen LogP contribution in [0.15, 0.2) is 60.0 Å². The zero-order valence-corrected chi connectivity index (χ0v) is 16.6.